The molecule has 1 rings (SSSR count). The highest BCUT2D eigenvalue weighted by Crippen LogP contribution is 2.26. The first-order valence-corrected chi connectivity index (χ1v) is 5.22. The Hall–Kier alpha value is -1.77. The molecule has 0 aliphatic heterocycles. The number of methoxy groups -OCH3 is 1. The van der Waals surface area contributed by atoms with E-state index in [0.29, 0.717) is 18.6 Å². The molecule has 16 heavy (non-hydrogen) atoms. The van der Waals surface area contributed by atoms with E-state index in [1.165, 1.54) is 7.11 Å². The number of hydrogen-bond acceptors (Lipinski definition) is 3. The van der Waals surface area contributed by atoms with Crippen molar-refractivity contribution >= 4 is 5.78 Å². The second-order valence-corrected chi connectivity index (χ2v) is 3.43. The molecular weight excluding hydrogens is 204 g/mol. The smallest absolute Gasteiger partial charge is 0.160 e. The third-order valence-electron chi connectivity index (χ3n) is 2.25. The summed E-state index contributed by atoms with van der Waals surface area (Å²) in [5.74, 6) is 0.693. The average molecular weight is 220 g/mol. The Kier molecular flexibility index (Phi) is 4.58. The van der Waals surface area contributed by atoms with Gasteiger partial charge in [-0.2, -0.15) is 0 Å². The first-order chi connectivity index (χ1) is 7.67. The van der Waals surface area contributed by atoms with Crippen molar-refractivity contribution in [2.45, 2.75) is 19.8 Å². The third-order valence-corrected chi connectivity index (χ3v) is 2.25. The fourth-order valence-corrected chi connectivity index (χ4v) is 1.29. The molecule has 1 N–H and O–H groups in total. The lowest BCUT2D eigenvalue weighted by molar-refractivity contribution is -0.114. The minimum absolute atomic E-state index is 0.116. The SMILES string of the molecule is CCC(=O)C=CCc1ccc(O)c(OC)c1. The highest BCUT2D eigenvalue weighted by atomic mass is 16.5. The molecule has 0 radical (unpaired) electrons. The third kappa shape index (κ3) is 3.42. The quantitative estimate of drug-likeness (QED) is 0.775. The van der Waals surface area contributed by atoms with Gasteiger partial charge in [-0.25, -0.2) is 0 Å². The van der Waals surface area contributed by atoms with Crippen molar-refractivity contribution in [1.82, 2.24) is 0 Å². The molecule has 0 aliphatic rings. The molecule has 0 saturated heterocycles. The summed E-state index contributed by atoms with van der Waals surface area (Å²) in [6.07, 6.45) is 4.58. The zero-order valence-corrected chi connectivity index (χ0v) is 9.56. The summed E-state index contributed by atoms with van der Waals surface area (Å²) < 4.78 is 4.99. The maximum absolute atomic E-state index is 11.0. The minimum atomic E-state index is 0.116. The maximum Gasteiger partial charge on any atom is 0.160 e. The van der Waals surface area contributed by atoms with Gasteiger partial charge in [0.1, 0.15) is 0 Å². The first kappa shape index (κ1) is 12.3. The monoisotopic (exact) mass is 220 g/mol. The van der Waals surface area contributed by atoms with Crippen molar-refractivity contribution in [3.63, 3.8) is 0 Å². The number of phenolic OH excluding ortho intramolecular Hbond substituents is 1. The number of rotatable bonds is 5. The number of hydrogen-bond donors (Lipinski definition) is 1. The first-order valence-electron chi connectivity index (χ1n) is 5.22. The van der Waals surface area contributed by atoms with Gasteiger partial charge in [0, 0.05) is 6.42 Å². The number of ether oxygens (including phenoxy) is 1. The van der Waals surface area contributed by atoms with Gasteiger partial charge in [-0.05, 0) is 30.2 Å². The van der Waals surface area contributed by atoms with Gasteiger partial charge in [0.15, 0.2) is 17.3 Å². The lowest BCUT2D eigenvalue weighted by Crippen LogP contribution is -1.90. The molecule has 0 saturated carbocycles. The number of ketones is 1. The summed E-state index contributed by atoms with van der Waals surface area (Å²) in [5, 5.41) is 9.39. The zero-order valence-electron chi connectivity index (χ0n) is 9.56. The molecule has 0 bridgehead atoms. The van der Waals surface area contributed by atoms with Crippen LogP contribution in [0.15, 0.2) is 30.4 Å². The van der Waals surface area contributed by atoms with Gasteiger partial charge in [-0.3, -0.25) is 4.79 Å². The molecule has 3 heteroatoms. The summed E-state index contributed by atoms with van der Waals surface area (Å²) in [6, 6.07) is 5.15. The molecular formula is C13H16O3. The van der Waals surface area contributed by atoms with E-state index in [-0.39, 0.29) is 11.5 Å². The highest BCUT2D eigenvalue weighted by Gasteiger charge is 2.01. The largest absolute Gasteiger partial charge is 0.504 e. The molecule has 0 atom stereocenters. The molecule has 0 fully saturated rings. The van der Waals surface area contributed by atoms with E-state index in [4.69, 9.17) is 4.74 Å². The Morgan fingerprint density at radius 3 is 2.88 bits per heavy atom. The summed E-state index contributed by atoms with van der Waals surface area (Å²) in [7, 11) is 1.51. The van der Waals surface area contributed by atoms with Crippen molar-refractivity contribution in [2.24, 2.45) is 0 Å². The van der Waals surface area contributed by atoms with Crippen LogP contribution in [0.25, 0.3) is 0 Å². The van der Waals surface area contributed by atoms with E-state index in [0.717, 1.165) is 5.56 Å². The number of phenols is 1. The van der Waals surface area contributed by atoms with E-state index >= 15 is 0 Å². The predicted molar refractivity (Wildman–Crippen MR) is 62.8 cm³/mol. The van der Waals surface area contributed by atoms with Crippen molar-refractivity contribution in [1.29, 1.82) is 0 Å². The standard InChI is InChI=1S/C13H16O3/c1-3-11(14)6-4-5-10-7-8-12(15)13(9-10)16-2/h4,6-9,15H,3,5H2,1-2H3. The Bertz CT molecular complexity index is 394. The lowest BCUT2D eigenvalue weighted by Gasteiger charge is -2.04. The molecule has 0 heterocycles. The van der Waals surface area contributed by atoms with E-state index in [1.807, 2.05) is 13.0 Å². The van der Waals surface area contributed by atoms with Crippen LogP contribution in [0.4, 0.5) is 0 Å². The summed E-state index contributed by atoms with van der Waals surface area (Å²) >= 11 is 0. The molecule has 0 amide bonds. The molecule has 1 aromatic rings. The summed E-state index contributed by atoms with van der Waals surface area (Å²) in [5.41, 5.74) is 0.995. The summed E-state index contributed by atoms with van der Waals surface area (Å²) in [4.78, 5) is 11.0. The zero-order chi connectivity index (χ0) is 12.0. The normalized spacial score (nSPS) is 10.6. The number of benzene rings is 1. The van der Waals surface area contributed by atoms with E-state index < -0.39 is 0 Å². The average Bonchev–Trinajstić information content (AvgIpc) is 2.31. The maximum atomic E-state index is 11.0. The number of aromatic hydroxyl groups is 1. The van der Waals surface area contributed by atoms with Crippen molar-refractivity contribution in [3.05, 3.63) is 35.9 Å². The minimum Gasteiger partial charge on any atom is -0.504 e. The number of carbonyl (C=O) groups excluding carboxylic acids is 1. The Morgan fingerprint density at radius 2 is 2.25 bits per heavy atom. The Labute approximate surface area is 95.4 Å². The number of allylic oxidation sites excluding steroid dienone is 2. The number of carbonyl (C=O) groups is 1. The fraction of sp³-hybridized carbons (Fsp3) is 0.308. The van der Waals surface area contributed by atoms with Crippen molar-refractivity contribution < 1.29 is 14.6 Å². The van der Waals surface area contributed by atoms with Gasteiger partial charge in [0.2, 0.25) is 0 Å². The van der Waals surface area contributed by atoms with Crippen molar-refractivity contribution in [2.75, 3.05) is 7.11 Å². The van der Waals surface area contributed by atoms with E-state index in [9.17, 15) is 9.90 Å². The molecule has 0 aliphatic carbocycles. The second-order valence-electron chi connectivity index (χ2n) is 3.43. The van der Waals surface area contributed by atoms with Crippen LogP contribution in [0.1, 0.15) is 18.9 Å². The summed E-state index contributed by atoms with van der Waals surface area (Å²) in [6.45, 7) is 1.83. The molecule has 86 valence electrons. The van der Waals surface area contributed by atoms with Crippen LogP contribution in [0.5, 0.6) is 11.5 Å². The molecule has 0 aromatic heterocycles. The molecule has 1 aromatic carbocycles. The van der Waals surface area contributed by atoms with Crippen LogP contribution in [-0.2, 0) is 11.2 Å². The van der Waals surface area contributed by atoms with Gasteiger partial charge >= 0.3 is 0 Å². The Morgan fingerprint density at radius 1 is 1.50 bits per heavy atom. The van der Waals surface area contributed by atoms with Crippen LogP contribution in [0, 0.1) is 0 Å². The van der Waals surface area contributed by atoms with Crippen molar-refractivity contribution in [3.8, 4) is 11.5 Å². The molecule has 0 unspecified atom stereocenters. The van der Waals surface area contributed by atoms with E-state index in [1.54, 1.807) is 24.3 Å². The Balaban J connectivity index is 2.68. The highest BCUT2D eigenvalue weighted by molar-refractivity contribution is 5.89. The van der Waals surface area contributed by atoms with Crippen LogP contribution in [0.3, 0.4) is 0 Å². The van der Waals surface area contributed by atoms with Crippen LogP contribution >= 0.6 is 0 Å². The fourth-order valence-electron chi connectivity index (χ4n) is 1.29. The predicted octanol–water partition coefficient (Wildman–Crippen LogP) is 2.48. The van der Waals surface area contributed by atoms with Crippen LogP contribution in [0.2, 0.25) is 0 Å². The van der Waals surface area contributed by atoms with Gasteiger partial charge in [0.25, 0.3) is 0 Å². The van der Waals surface area contributed by atoms with Gasteiger partial charge in [-0.1, -0.05) is 19.1 Å². The van der Waals surface area contributed by atoms with Crippen LogP contribution < -0.4 is 4.74 Å². The molecule has 3 nitrogen and oxygen atoms in total. The lowest BCUT2D eigenvalue weighted by atomic mass is 10.1. The second kappa shape index (κ2) is 5.95. The van der Waals surface area contributed by atoms with Gasteiger partial charge in [-0.15, -0.1) is 0 Å². The van der Waals surface area contributed by atoms with Gasteiger partial charge < -0.3 is 9.84 Å². The van der Waals surface area contributed by atoms with Crippen LogP contribution in [-0.4, -0.2) is 18.0 Å². The van der Waals surface area contributed by atoms with Gasteiger partial charge in [0.05, 0.1) is 7.11 Å². The van der Waals surface area contributed by atoms with E-state index in [2.05, 4.69) is 0 Å². The molecule has 0 spiro atoms. The topological polar surface area (TPSA) is 46.5 Å².